The molecule has 0 N–H and O–H groups in total. The van der Waals surface area contributed by atoms with Crippen molar-refractivity contribution in [1.82, 2.24) is 14.8 Å². The number of aromatic nitrogens is 3. The predicted molar refractivity (Wildman–Crippen MR) is 131 cm³/mol. The third kappa shape index (κ3) is 4.83. The second kappa shape index (κ2) is 9.88. The van der Waals surface area contributed by atoms with Gasteiger partial charge in [-0.25, -0.2) is 4.98 Å². The van der Waals surface area contributed by atoms with Crippen molar-refractivity contribution >= 4 is 22.4 Å². The zero-order chi connectivity index (χ0) is 22.3. The first-order valence-corrected chi connectivity index (χ1v) is 10.5. The molecule has 0 saturated carbocycles. The van der Waals surface area contributed by atoms with Gasteiger partial charge in [0.2, 0.25) is 5.90 Å². The SMILES string of the molecule is C\C=C/C=C(\C(=N/C)OCc1ccc(-c2ccc3ccccc3n2)cc1)c1cnn(C)c1. The van der Waals surface area contributed by atoms with Gasteiger partial charge in [-0.15, -0.1) is 0 Å². The van der Waals surface area contributed by atoms with Gasteiger partial charge in [-0.2, -0.15) is 5.10 Å². The Morgan fingerprint density at radius 3 is 2.59 bits per heavy atom. The summed E-state index contributed by atoms with van der Waals surface area (Å²) in [6.07, 6.45) is 9.71. The maximum absolute atomic E-state index is 6.10. The normalized spacial score (nSPS) is 12.6. The van der Waals surface area contributed by atoms with Crippen LogP contribution in [0.3, 0.4) is 0 Å². The van der Waals surface area contributed by atoms with E-state index < -0.39 is 0 Å². The van der Waals surface area contributed by atoms with Crippen LogP contribution in [0.5, 0.6) is 0 Å². The van der Waals surface area contributed by atoms with Gasteiger partial charge in [0, 0.05) is 42.4 Å². The number of nitrogens with zero attached hydrogens (tertiary/aromatic N) is 4. The van der Waals surface area contributed by atoms with Gasteiger partial charge in [0.15, 0.2) is 0 Å². The van der Waals surface area contributed by atoms with E-state index in [-0.39, 0.29) is 0 Å². The maximum Gasteiger partial charge on any atom is 0.216 e. The average molecular weight is 423 g/mol. The lowest BCUT2D eigenvalue weighted by atomic mass is 10.1. The minimum Gasteiger partial charge on any atom is -0.473 e. The summed E-state index contributed by atoms with van der Waals surface area (Å²) in [5.74, 6) is 0.580. The van der Waals surface area contributed by atoms with Crippen LogP contribution in [-0.2, 0) is 18.4 Å². The number of ether oxygens (including phenoxy) is 1. The van der Waals surface area contributed by atoms with Crippen LogP contribution in [0.15, 0.2) is 96.3 Å². The predicted octanol–water partition coefficient (Wildman–Crippen LogP) is 5.84. The number of rotatable bonds is 6. The molecule has 4 rings (SSSR count). The van der Waals surface area contributed by atoms with Crippen molar-refractivity contribution in [1.29, 1.82) is 0 Å². The van der Waals surface area contributed by atoms with E-state index in [0.717, 1.165) is 38.9 Å². The Morgan fingerprint density at radius 2 is 1.88 bits per heavy atom. The first kappa shape index (κ1) is 21.2. The number of fused-ring (bicyclic) bond motifs is 1. The van der Waals surface area contributed by atoms with Crippen LogP contribution in [0.4, 0.5) is 0 Å². The Labute approximate surface area is 188 Å². The van der Waals surface area contributed by atoms with Crippen LogP contribution < -0.4 is 0 Å². The van der Waals surface area contributed by atoms with E-state index >= 15 is 0 Å². The number of benzene rings is 2. The Kier molecular flexibility index (Phi) is 6.56. The lowest BCUT2D eigenvalue weighted by molar-refractivity contribution is 0.296. The fourth-order valence-electron chi connectivity index (χ4n) is 3.46. The fraction of sp³-hybridized carbons (Fsp3) is 0.148. The monoisotopic (exact) mass is 422 g/mol. The number of hydrogen-bond acceptors (Lipinski definition) is 4. The zero-order valence-electron chi connectivity index (χ0n) is 18.6. The van der Waals surface area contributed by atoms with Crippen LogP contribution in [-0.4, -0.2) is 27.7 Å². The number of allylic oxidation sites excluding steroid dienone is 3. The molecular formula is C27H26N4O. The standard InChI is InChI=1S/C27H26N4O/c1-4-5-9-24(23-17-29-31(3)18-23)27(28-2)32-19-20-11-13-22(14-12-20)26-16-15-21-8-6-7-10-25(21)30-26/h4-18H,19H2,1-3H3/b5-4-,24-9-,28-27+. The minimum atomic E-state index is 0.422. The second-order valence-corrected chi connectivity index (χ2v) is 7.41. The van der Waals surface area contributed by atoms with Gasteiger partial charge in [0.05, 0.1) is 17.4 Å². The first-order valence-electron chi connectivity index (χ1n) is 10.5. The second-order valence-electron chi connectivity index (χ2n) is 7.41. The largest absolute Gasteiger partial charge is 0.473 e. The number of aliphatic imine (C=N–C) groups is 1. The summed E-state index contributed by atoms with van der Waals surface area (Å²) in [6, 6.07) is 20.6. The average Bonchev–Trinajstić information content (AvgIpc) is 3.27. The molecule has 0 saturated heterocycles. The van der Waals surface area contributed by atoms with E-state index in [4.69, 9.17) is 9.72 Å². The van der Waals surface area contributed by atoms with Crippen molar-refractivity contribution in [3.05, 3.63) is 102 Å². The highest BCUT2D eigenvalue weighted by atomic mass is 16.5. The first-order chi connectivity index (χ1) is 15.7. The van der Waals surface area contributed by atoms with E-state index in [1.165, 1.54) is 0 Å². The molecule has 5 nitrogen and oxygen atoms in total. The van der Waals surface area contributed by atoms with Crippen molar-refractivity contribution in [2.45, 2.75) is 13.5 Å². The summed E-state index contributed by atoms with van der Waals surface area (Å²) >= 11 is 0. The van der Waals surface area contributed by atoms with Gasteiger partial charge >= 0.3 is 0 Å². The van der Waals surface area contributed by atoms with Crippen LogP contribution in [0.25, 0.3) is 27.7 Å². The Morgan fingerprint density at radius 1 is 1.06 bits per heavy atom. The molecule has 5 heteroatoms. The van der Waals surface area contributed by atoms with Gasteiger partial charge in [0.1, 0.15) is 6.61 Å². The van der Waals surface area contributed by atoms with Crippen LogP contribution >= 0.6 is 0 Å². The van der Waals surface area contributed by atoms with Gasteiger partial charge in [-0.3, -0.25) is 9.67 Å². The molecule has 0 aliphatic heterocycles. The van der Waals surface area contributed by atoms with Gasteiger partial charge < -0.3 is 4.74 Å². The Hall–Kier alpha value is -3.99. The molecule has 0 radical (unpaired) electrons. The van der Waals surface area contributed by atoms with Gasteiger partial charge in [-0.1, -0.05) is 60.7 Å². The summed E-state index contributed by atoms with van der Waals surface area (Å²) in [7, 11) is 3.63. The Bertz CT molecular complexity index is 1300. The number of hydrogen-bond donors (Lipinski definition) is 0. The van der Waals surface area contributed by atoms with E-state index in [1.807, 2.05) is 62.8 Å². The molecule has 4 aromatic rings. The summed E-state index contributed by atoms with van der Waals surface area (Å²) in [6.45, 7) is 2.40. The minimum absolute atomic E-state index is 0.422. The van der Waals surface area contributed by atoms with Crippen molar-refractivity contribution < 1.29 is 4.74 Å². The molecule has 0 spiro atoms. The molecule has 2 aromatic carbocycles. The zero-order valence-corrected chi connectivity index (χ0v) is 18.6. The van der Waals surface area contributed by atoms with E-state index in [1.54, 1.807) is 11.7 Å². The number of aryl methyl sites for hydroxylation is 1. The highest BCUT2D eigenvalue weighted by Gasteiger charge is 2.13. The van der Waals surface area contributed by atoms with Crippen LogP contribution in [0, 0.1) is 0 Å². The van der Waals surface area contributed by atoms with Crippen LogP contribution in [0.1, 0.15) is 18.1 Å². The maximum atomic E-state index is 6.10. The lowest BCUT2D eigenvalue weighted by Gasteiger charge is -2.12. The molecule has 0 aliphatic carbocycles. The van der Waals surface area contributed by atoms with Crippen LogP contribution in [0.2, 0.25) is 0 Å². The molecule has 2 heterocycles. The third-order valence-electron chi connectivity index (χ3n) is 5.13. The summed E-state index contributed by atoms with van der Waals surface area (Å²) in [5.41, 5.74) is 5.96. The molecule has 32 heavy (non-hydrogen) atoms. The molecule has 0 unspecified atom stereocenters. The summed E-state index contributed by atoms with van der Waals surface area (Å²) < 4.78 is 7.87. The summed E-state index contributed by atoms with van der Waals surface area (Å²) in [5, 5.41) is 5.41. The smallest absolute Gasteiger partial charge is 0.216 e. The number of para-hydroxylation sites is 1. The molecular weight excluding hydrogens is 396 g/mol. The van der Waals surface area contributed by atoms with Crippen molar-refractivity contribution in [2.75, 3.05) is 7.05 Å². The topological polar surface area (TPSA) is 52.3 Å². The van der Waals surface area contributed by atoms with Crippen molar-refractivity contribution in [3.63, 3.8) is 0 Å². The lowest BCUT2D eigenvalue weighted by Crippen LogP contribution is -2.08. The Balaban J connectivity index is 1.49. The number of pyridine rings is 1. The molecule has 160 valence electrons. The molecule has 0 aliphatic rings. The van der Waals surface area contributed by atoms with Gasteiger partial charge in [0.25, 0.3) is 0 Å². The van der Waals surface area contributed by atoms with E-state index in [0.29, 0.717) is 12.5 Å². The molecule has 2 aromatic heterocycles. The molecule has 0 atom stereocenters. The van der Waals surface area contributed by atoms with Crippen molar-refractivity contribution in [3.8, 4) is 11.3 Å². The molecule has 0 bridgehead atoms. The molecule has 0 fully saturated rings. The molecule has 0 amide bonds. The van der Waals surface area contributed by atoms with Gasteiger partial charge in [-0.05, 0) is 30.7 Å². The quantitative estimate of drug-likeness (QED) is 0.223. The fourth-order valence-corrected chi connectivity index (χ4v) is 3.46. The van der Waals surface area contributed by atoms with E-state index in [9.17, 15) is 0 Å². The van der Waals surface area contributed by atoms with E-state index in [2.05, 4.69) is 52.6 Å². The highest BCUT2D eigenvalue weighted by molar-refractivity contribution is 6.19. The highest BCUT2D eigenvalue weighted by Crippen LogP contribution is 2.22. The third-order valence-corrected chi connectivity index (χ3v) is 5.13. The summed E-state index contributed by atoms with van der Waals surface area (Å²) in [4.78, 5) is 9.16. The van der Waals surface area contributed by atoms with Crippen molar-refractivity contribution in [2.24, 2.45) is 12.0 Å².